The average molecular weight is 404 g/mol. The van der Waals surface area contributed by atoms with Crippen LogP contribution in [0.5, 0.6) is 0 Å². The fraction of sp³-hybridized carbons (Fsp3) is 0.440. The number of rotatable bonds is 3. The molecule has 2 aliphatic heterocycles. The molecule has 2 fully saturated rings. The number of para-hydroxylation sites is 1. The van der Waals surface area contributed by atoms with Gasteiger partial charge in [-0.1, -0.05) is 24.6 Å². The van der Waals surface area contributed by atoms with Gasteiger partial charge >= 0.3 is 0 Å². The van der Waals surface area contributed by atoms with Crippen molar-refractivity contribution >= 4 is 22.7 Å². The highest BCUT2D eigenvalue weighted by molar-refractivity contribution is 6.11. The first-order valence-corrected chi connectivity index (χ1v) is 11.0. The second kappa shape index (κ2) is 7.55. The van der Waals surface area contributed by atoms with Crippen molar-refractivity contribution in [1.82, 2.24) is 9.88 Å². The summed E-state index contributed by atoms with van der Waals surface area (Å²) in [6.45, 7) is 4.19. The molecule has 5 heteroatoms. The molecule has 30 heavy (non-hydrogen) atoms. The van der Waals surface area contributed by atoms with Crippen molar-refractivity contribution < 1.29 is 9.21 Å². The summed E-state index contributed by atoms with van der Waals surface area (Å²) in [5, 5.41) is 3.12. The largest absolute Gasteiger partial charge is 0.443 e. The number of carbonyl (C=O) groups excluding carboxylic acids is 1. The Balaban J connectivity index is 1.40. The zero-order chi connectivity index (χ0) is 20.8. The molecular formula is C25H29N3O2. The van der Waals surface area contributed by atoms with Crippen molar-refractivity contribution in [2.45, 2.75) is 64.0 Å². The first-order valence-electron chi connectivity index (χ1n) is 11.0. The van der Waals surface area contributed by atoms with E-state index in [1.54, 1.807) is 6.07 Å². The number of nitrogens with one attached hydrogen (secondary N) is 1. The lowest BCUT2D eigenvalue weighted by Crippen LogP contribution is -2.49. The maximum absolute atomic E-state index is 13.0. The van der Waals surface area contributed by atoms with Crippen LogP contribution in [0.3, 0.4) is 0 Å². The number of amides is 1. The van der Waals surface area contributed by atoms with Crippen LogP contribution in [-0.2, 0) is 0 Å². The monoisotopic (exact) mass is 403 g/mol. The van der Waals surface area contributed by atoms with Crippen LogP contribution in [0.2, 0.25) is 0 Å². The van der Waals surface area contributed by atoms with Gasteiger partial charge in [-0.15, -0.1) is 0 Å². The van der Waals surface area contributed by atoms with Crippen molar-refractivity contribution in [3.8, 4) is 0 Å². The predicted octanol–water partition coefficient (Wildman–Crippen LogP) is 5.43. The van der Waals surface area contributed by atoms with Gasteiger partial charge in [-0.3, -0.25) is 4.79 Å². The van der Waals surface area contributed by atoms with Gasteiger partial charge in [0.15, 0.2) is 12.0 Å². The zero-order valence-corrected chi connectivity index (χ0v) is 17.9. The molecule has 5 rings (SSSR count). The van der Waals surface area contributed by atoms with Crippen LogP contribution in [0.1, 0.15) is 65.1 Å². The number of nitrogens with zero attached hydrogens (tertiary/aromatic N) is 2. The van der Waals surface area contributed by atoms with E-state index in [1.807, 2.05) is 12.1 Å². The molecule has 1 aromatic heterocycles. The summed E-state index contributed by atoms with van der Waals surface area (Å²) < 4.78 is 5.33. The summed E-state index contributed by atoms with van der Waals surface area (Å²) in [6, 6.07) is 11.4. The minimum absolute atomic E-state index is 0.151. The zero-order valence-electron chi connectivity index (χ0n) is 17.9. The van der Waals surface area contributed by atoms with E-state index in [9.17, 15) is 4.79 Å². The average Bonchev–Trinajstić information content (AvgIpc) is 3.19. The van der Waals surface area contributed by atoms with Crippen LogP contribution in [0.15, 0.2) is 41.1 Å². The summed E-state index contributed by atoms with van der Waals surface area (Å²) in [5.41, 5.74) is 6.32. The molecule has 2 atom stereocenters. The Labute approximate surface area is 177 Å². The van der Waals surface area contributed by atoms with Gasteiger partial charge in [-0.05, 0) is 81.3 Å². The van der Waals surface area contributed by atoms with Gasteiger partial charge in [0.05, 0.1) is 5.56 Å². The van der Waals surface area contributed by atoms with E-state index in [4.69, 9.17) is 4.42 Å². The molecule has 156 valence electrons. The number of carbonyl (C=O) groups is 1. The SMILES string of the molecule is Cc1cc(C2CC3CCCC(C2)N3C)cc(C)c1NC(=O)c1cccc2ocnc12. The molecular weight excluding hydrogens is 374 g/mol. The molecule has 2 aliphatic rings. The highest BCUT2D eigenvalue weighted by Crippen LogP contribution is 2.41. The molecule has 5 nitrogen and oxygen atoms in total. The second-order valence-electron chi connectivity index (χ2n) is 9.06. The number of oxazole rings is 1. The highest BCUT2D eigenvalue weighted by Gasteiger charge is 2.36. The van der Waals surface area contributed by atoms with E-state index in [1.165, 1.54) is 44.1 Å². The van der Waals surface area contributed by atoms with Crippen molar-refractivity contribution in [3.05, 3.63) is 59.0 Å². The first kappa shape index (κ1) is 19.3. The molecule has 0 saturated carbocycles. The Morgan fingerprint density at radius 3 is 2.53 bits per heavy atom. The second-order valence-corrected chi connectivity index (χ2v) is 9.06. The quantitative estimate of drug-likeness (QED) is 0.634. The standard InChI is InChI=1S/C25H29N3O2/c1-15-10-17(18-12-19-6-4-7-20(13-18)28(19)3)11-16(2)23(15)27-25(29)21-8-5-9-22-24(21)26-14-30-22/h5,8-11,14,18-20H,4,6-7,12-13H2,1-3H3,(H,27,29). The normalized spacial score (nSPS) is 24.2. The molecule has 3 heterocycles. The minimum atomic E-state index is -0.151. The molecule has 0 radical (unpaired) electrons. The van der Waals surface area contributed by atoms with Gasteiger partial charge in [0.1, 0.15) is 5.52 Å². The number of benzene rings is 2. The van der Waals surface area contributed by atoms with Crippen LogP contribution >= 0.6 is 0 Å². The third-order valence-electron chi connectivity index (χ3n) is 7.21. The van der Waals surface area contributed by atoms with Crippen LogP contribution in [0, 0.1) is 13.8 Å². The Morgan fingerprint density at radius 1 is 1.13 bits per heavy atom. The van der Waals surface area contributed by atoms with Gasteiger partial charge in [-0.2, -0.15) is 0 Å². The molecule has 2 bridgehead atoms. The molecule has 2 unspecified atom stereocenters. The molecule has 1 amide bonds. The summed E-state index contributed by atoms with van der Waals surface area (Å²) in [5.74, 6) is 0.463. The summed E-state index contributed by atoms with van der Waals surface area (Å²) >= 11 is 0. The molecule has 2 aromatic carbocycles. The van der Waals surface area contributed by atoms with E-state index in [-0.39, 0.29) is 5.91 Å². The van der Waals surface area contributed by atoms with Gasteiger partial charge in [0.2, 0.25) is 0 Å². The Morgan fingerprint density at radius 2 is 1.83 bits per heavy atom. The van der Waals surface area contributed by atoms with Gasteiger partial charge in [0.25, 0.3) is 5.91 Å². The van der Waals surface area contributed by atoms with Crippen molar-refractivity contribution in [1.29, 1.82) is 0 Å². The number of hydrogen-bond acceptors (Lipinski definition) is 4. The smallest absolute Gasteiger partial charge is 0.258 e. The van der Waals surface area contributed by atoms with Crippen LogP contribution < -0.4 is 5.32 Å². The van der Waals surface area contributed by atoms with Crippen LogP contribution in [0.25, 0.3) is 11.1 Å². The number of aryl methyl sites for hydroxylation is 2. The molecule has 2 saturated heterocycles. The summed E-state index contributed by atoms with van der Waals surface area (Å²) in [7, 11) is 2.30. The predicted molar refractivity (Wildman–Crippen MR) is 119 cm³/mol. The number of hydrogen-bond donors (Lipinski definition) is 1. The Hall–Kier alpha value is -2.66. The van der Waals surface area contributed by atoms with Gasteiger partial charge < -0.3 is 14.6 Å². The van der Waals surface area contributed by atoms with E-state index in [0.717, 1.165) is 16.8 Å². The van der Waals surface area contributed by atoms with Crippen LogP contribution in [-0.4, -0.2) is 34.9 Å². The number of anilines is 1. The van der Waals surface area contributed by atoms with Gasteiger partial charge in [-0.25, -0.2) is 4.98 Å². The molecule has 3 aromatic rings. The number of piperidine rings is 2. The maximum atomic E-state index is 13.0. The lowest BCUT2D eigenvalue weighted by Gasteiger charge is -2.47. The summed E-state index contributed by atoms with van der Waals surface area (Å²) in [6.07, 6.45) is 7.88. The first-order chi connectivity index (χ1) is 14.5. The third-order valence-corrected chi connectivity index (χ3v) is 7.21. The summed E-state index contributed by atoms with van der Waals surface area (Å²) in [4.78, 5) is 19.8. The fourth-order valence-corrected chi connectivity index (χ4v) is 5.57. The van der Waals surface area contributed by atoms with Crippen molar-refractivity contribution in [3.63, 3.8) is 0 Å². The maximum Gasteiger partial charge on any atom is 0.258 e. The topological polar surface area (TPSA) is 58.4 Å². The lowest BCUT2D eigenvalue weighted by molar-refractivity contribution is 0.0555. The number of fused-ring (bicyclic) bond motifs is 3. The Kier molecular flexibility index (Phi) is 4.86. The van der Waals surface area contributed by atoms with Crippen LogP contribution in [0.4, 0.5) is 5.69 Å². The third kappa shape index (κ3) is 3.31. The molecule has 0 aliphatic carbocycles. The number of aromatic nitrogens is 1. The fourth-order valence-electron chi connectivity index (χ4n) is 5.57. The Bertz CT molecular complexity index is 1070. The van der Waals surface area contributed by atoms with E-state index >= 15 is 0 Å². The van der Waals surface area contributed by atoms with E-state index < -0.39 is 0 Å². The highest BCUT2D eigenvalue weighted by atomic mass is 16.3. The van der Waals surface area contributed by atoms with E-state index in [0.29, 0.717) is 34.7 Å². The van der Waals surface area contributed by atoms with Crippen molar-refractivity contribution in [2.24, 2.45) is 0 Å². The molecule has 0 spiro atoms. The lowest BCUT2D eigenvalue weighted by atomic mass is 9.75. The van der Waals surface area contributed by atoms with Crippen molar-refractivity contribution in [2.75, 3.05) is 12.4 Å². The van der Waals surface area contributed by atoms with Gasteiger partial charge in [0, 0.05) is 17.8 Å². The van der Waals surface area contributed by atoms with E-state index in [2.05, 4.69) is 48.2 Å². The minimum Gasteiger partial charge on any atom is -0.443 e. The molecule has 1 N–H and O–H groups in total.